The first kappa shape index (κ1) is 20.8. The fourth-order valence-electron chi connectivity index (χ4n) is 2.29. The van der Waals surface area contributed by atoms with Crippen molar-refractivity contribution in [2.75, 3.05) is 16.4 Å². The first-order chi connectivity index (χ1) is 14.0. The number of benzene rings is 2. The van der Waals surface area contributed by atoms with Gasteiger partial charge in [0.05, 0.1) is 11.9 Å². The van der Waals surface area contributed by atoms with Gasteiger partial charge in [0.15, 0.2) is 4.34 Å². The van der Waals surface area contributed by atoms with Crippen LogP contribution in [-0.2, 0) is 4.79 Å². The Morgan fingerprint density at radius 3 is 2.45 bits per heavy atom. The lowest BCUT2D eigenvalue weighted by Crippen LogP contribution is -2.13. The van der Waals surface area contributed by atoms with E-state index in [1.807, 2.05) is 44.2 Å². The predicted octanol–water partition coefficient (Wildman–Crippen LogP) is 4.31. The number of ether oxygens (including phenoxy) is 1. The second-order valence-corrected chi connectivity index (χ2v) is 8.42. The molecule has 3 rings (SSSR count). The molecule has 1 heterocycles. The number of para-hydroxylation sites is 1. The Morgan fingerprint density at radius 2 is 1.76 bits per heavy atom. The number of anilines is 2. The molecule has 9 heteroatoms. The Balaban J connectivity index is 1.49. The van der Waals surface area contributed by atoms with Gasteiger partial charge < -0.3 is 10.1 Å². The normalized spacial score (nSPS) is 10.6. The Hall–Kier alpha value is -2.91. The summed E-state index contributed by atoms with van der Waals surface area (Å²) in [6.45, 7) is 3.88. The van der Waals surface area contributed by atoms with Gasteiger partial charge in [0.25, 0.3) is 5.91 Å². The van der Waals surface area contributed by atoms with Crippen LogP contribution in [0.25, 0.3) is 0 Å². The highest BCUT2D eigenvalue weighted by Crippen LogP contribution is 2.26. The third kappa shape index (κ3) is 6.58. The molecule has 2 amide bonds. The quantitative estimate of drug-likeness (QED) is 0.410. The topological polar surface area (TPSA) is 93.2 Å². The molecule has 2 N–H and O–H groups in total. The zero-order valence-electron chi connectivity index (χ0n) is 15.9. The van der Waals surface area contributed by atoms with E-state index in [9.17, 15) is 9.59 Å². The van der Waals surface area contributed by atoms with Crippen molar-refractivity contribution in [2.24, 2.45) is 0 Å². The molecule has 7 nitrogen and oxygen atoms in total. The second-order valence-electron chi connectivity index (χ2n) is 6.22. The lowest BCUT2D eigenvalue weighted by molar-refractivity contribution is -0.113. The van der Waals surface area contributed by atoms with Crippen molar-refractivity contribution in [3.8, 4) is 5.75 Å². The number of hydrogen-bond donors (Lipinski definition) is 2. The first-order valence-corrected chi connectivity index (χ1v) is 10.7. The van der Waals surface area contributed by atoms with Crippen LogP contribution in [0.4, 0.5) is 10.8 Å². The van der Waals surface area contributed by atoms with Crippen molar-refractivity contribution in [3.05, 3.63) is 60.2 Å². The van der Waals surface area contributed by atoms with E-state index in [4.69, 9.17) is 4.74 Å². The van der Waals surface area contributed by atoms with Gasteiger partial charge >= 0.3 is 0 Å². The molecule has 0 unspecified atom stereocenters. The maximum Gasteiger partial charge on any atom is 0.257 e. The smallest absolute Gasteiger partial charge is 0.257 e. The molecular formula is C20H20N4O3S2. The summed E-state index contributed by atoms with van der Waals surface area (Å²) in [5, 5.41) is 13.9. The highest BCUT2D eigenvalue weighted by molar-refractivity contribution is 8.01. The molecule has 0 aliphatic heterocycles. The van der Waals surface area contributed by atoms with E-state index in [-0.39, 0.29) is 23.7 Å². The van der Waals surface area contributed by atoms with Crippen LogP contribution in [0.1, 0.15) is 24.2 Å². The number of thioether (sulfide) groups is 1. The monoisotopic (exact) mass is 428 g/mol. The summed E-state index contributed by atoms with van der Waals surface area (Å²) in [5.41, 5.74) is 1.24. The summed E-state index contributed by atoms with van der Waals surface area (Å²) in [6, 6.07) is 16.1. The Labute approximate surface area is 176 Å². The predicted molar refractivity (Wildman–Crippen MR) is 116 cm³/mol. The average molecular weight is 429 g/mol. The van der Waals surface area contributed by atoms with Crippen LogP contribution in [-0.4, -0.2) is 33.9 Å². The third-order valence-corrected chi connectivity index (χ3v) is 5.47. The van der Waals surface area contributed by atoms with Crippen LogP contribution in [0, 0.1) is 0 Å². The van der Waals surface area contributed by atoms with Gasteiger partial charge in [-0.2, -0.15) is 0 Å². The van der Waals surface area contributed by atoms with Gasteiger partial charge in [0, 0.05) is 11.3 Å². The Morgan fingerprint density at radius 1 is 1.03 bits per heavy atom. The molecule has 0 aliphatic rings. The summed E-state index contributed by atoms with van der Waals surface area (Å²) in [5.74, 6) is 0.496. The minimum absolute atomic E-state index is 0.0711. The Kier molecular flexibility index (Phi) is 7.20. The average Bonchev–Trinajstić information content (AvgIpc) is 3.14. The zero-order valence-corrected chi connectivity index (χ0v) is 17.5. The molecule has 3 aromatic rings. The van der Waals surface area contributed by atoms with E-state index in [1.165, 1.54) is 23.1 Å². The van der Waals surface area contributed by atoms with Crippen LogP contribution in [0.2, 0.25) is 0 Å². The van der Waals surface area contributed by atoms with E-state index >= 15 is 0 Å². The van der Waals surface area contributed by atoms with Crippen molar-refractivity contribution >= 4 is 45.7 Å². The molecule has 0 spiro atoms. The molecular weight excluding hydrogens is 408 g/mol. The first-order valence-electron chi connectivity index (χ1n) is 8.89. The van der Waals surface area contributed by atoms with Crippen molar-refractivity contribution < 1.29 is 14.3 Å². The molecule has 0 atom stereocenters. The highest BCUT2D eigenvalue weighted by atomic mass is 32.2. The number of amides is 2. The van der Waals surface area contributed by atoms with E-state index in [2.05, 4.69) is 20.8 Å². The van der Waals surface area contributed by atoms with Crippen molar-refractivity contribution in [3.63, 3.8) is 0 Å². The molecule has 0 radical (unpaired) electrons. The number of rotatable bonds is 8. The molecule has 0 fully saturated rings. The van der Waals surface area contributed by atoms with Crippen LogP contribution >= 0.6 is 23.1 Å². The number of carbonyl (C=O) groups excluding carboxylic acids is 2. The van der Waals surface area contributed by atoms with Crippen molar-refractivity contribution in [1.29, 1.82) is 0 Å². The fraction of sp³-hybridized carbons (Fsp3) is 0.200. The number of nitrogens with zero attached hydrogens (tertiary/aromatic N) is 2. The van der Waals surface area contributed by atoms with E-state index in [0.717, 1.165) is 5.69 Å². The highest BCUT2D eigenvalue weighted by Gasteiger charge is 2.12. The van der Waals surface area contributed by atoms with E-state index in [0.29, 0.717) is 20.8 Å². The maximum absolute atomic E-state index is 12.3. The summed E-state index contributed by atoms with van der Waals surface area (Å²) in [7, 11) is 0. The maximum atomic E-state index is 12.3. The number of aromatic nitrogens is 2. The van der Waals surface area contributed by atoms with Gasteiger partial charge in [0.2, 0.25) is 11.0 Å². The van der Waals surface area contributed by atoms with Gasteiger partial charge in [-0.15, -0.1) is 10.2 Å². The van der Waals surface area contributed by atoms with Crippen LogP contribution in [0.5, 0.6) is 5.75 Å². The molecule has 0 saturated heterocycles. The minimum Gasteiger partial charge on any atom is -0.491 e. The largest absolute Gasteiger partial charge is 0.491 e. The second kappa shape index (κ2) is 10.0. The Bertz CT molecular complexity index is 959. The molecule has 1 aromatic heterocycles. The summed E-state index contributed by atoms with van der Waals surface area (Å²) >= 11 is 2.48. The fourth-order valence-corrected chi connectivity index (χ4v) is 3.84. The standard InChI is InChI=1S/C20H20N4O3S2/c1-13(2)27-16-10-8-14(9-11-16)18(26)22-19-23-24-20(29-19)28-12-17(25)21-15-6-4-3-5-7-15/h3-11,13H,12H2,1-2H3,(H,21,25)(H,22,23,26). The van der Waals surface area contributed by atoms with E-state index in [1.54, 1.807) is 24.3 Å². The van der Waals surface area contributed by atoms with Gasteiger partial charge in [-0.05, 0) is 50.2 Å². The molecule has 29 heavy (non-hydrogen) atoms. The van der Waals surface area contributed by atoms with Crippen LogP contribution in [0.15, 0.2) is 58.9 Å². The number of hydrogen-bond acceptors (Lipinski definition) is 7. The van der Waals surface area contributed by atoms with Crippen LogP contribution < -0.4 is 15.4 Å². The van der Waals surface area contributed by atoms with Gasteiger partial charge in [-0.3, -0.25) is 14.9 Å². The number of nitrogens with one attached hydrogen (secondary N) is 2. The summed E-state index contributed by atoms with van der Waals surface area (Å²) in [6.07, 6.45) is 0.0711. The molecule has 0 bridgehead atoms. The van der Waals surface area contributed by atoms with E-state index < -0.39 is 0 Å². The SMILES string of the molecule is CC(C)Oc1ccc(C(=O)Nc2nnc(SCC(=O)Nc3ccccc3)s2)cc1. The summed E-state index contributed by atoms with van der Waals surface area (Å²) < 4.78 is 6.17. The van der Waals surface area contributed by atoms with Gasteiger partial charge in [-0.1, -0.05) is 41.3 Å². The molecule has 0 saturated carbocycles. The van der Waals surface area contributed by atoms with Crippen molar-refractivity contribution in [1.82, 2.24) is 10.2 Å². The van der Waals surface area contributed by atoms with Crippen LogP contribution in [0.3, 0.4) is 0 Å². The van der Waals surface area contributed by atoms with Crippen molar-refractivity contribution in [2.45, 2.75) is 24.3 Å². The number of carbonyl (C=O) groups is 2. The zero-order chi connectivity index (χ0) is 20.6. The minimum atomic E-state index is -0.282. The molecule has 0 aliphatic carbocycles. The van der Waals surface area contributed by atoms with Gasteiger partial charge in [-0.25, -0.2) is 0 Å². The molecule has 2 aromatic carbocycles. The lowest BCUT2D eigenvalue weighted by Gasteiger charge is -2.09. The third-order valence-electron chi connectivity index (χ3n) is 3.50. The molecule has 150 valence electrons. The summed E-state index contributed by atoms with van der Waals surface area (Å²) in [4.78, 5) is 24.3. The lowest BCUT2D eigenvalue weighted by atomic mass is 10.2. The van der Waals surface area contributed by atoms with Gasteiger partial charge in [0.1, 0.15) is 5.75 Å².